The van der Waals surface area contributed by atoms with E-state index in [-0.39, 0.29) is 6.42 Å². The lowest BCUT2D eigenvalue weighted by molar-refractivity contribution is -0.342. The fourth-order valence-corrected chi connectivity index (χ4v) is 2.52. The minimum Gasteiger partial charge on any atom is -0.394 e. The van der Waals surface area contributed by atoms with Crippen LogP contribution in [0.25, 0.3) is 0 Å². The standard InChI is InChI=1S/C12H22O10/c13-2-6-5(1-12(18,19)4-20-6)21-11-10(17)9(16)8(15)7(3-14)22-11/h5-11,13-19H,1-4H2. The molecule has 0 saturated carbocycles. The van der Waals surface area contributed by atoms with Crippen molar-refractivity contribution in [1.82, 2.24) is 0 Å². The van der Waals surface area contributed by atoms with Crippen molar-refractivity contribution in [2.24, 2.45) is 0 Å². The van der Waals surface area contributed by atoms with Crippen LogP contribution in [0, 0.1) is 0 Å². The van der Waals surface area contributed by atoms with Crippen molar-refractivity contribution in [3.05, 3.63) is 0 Å². The second-order valence-corrected chi connectivity index (χ2v) is 5.59. The molecule has 7 unspecified atom stereocenters. The van der Waals surface area contributed by atoms with E-state index in [4.69, 9.17) is 19.3 Å². The maximum absolute atomic E-state index is 9.87. The molecule has 22 heavy (non-hydrogen) atoms. The van der Waals surface area contributed by atoms with Gasteiger partial charge in [0.25, 0.3) is 0 Å². The highest BCUT2D eigenvalue weighted by Gasteiger charge is 2.47. The number of ether oxygens (including phenoxy) is 3. The highest BCUT2D eigenvalue weighted by atomic mass is 16.7. The monoisotopic (exact) mass is 326 g/mol. The zero-order valence-corrected chi connectivity index (χ0v) is 11.7. The molecule has 10 nitrogen and oxygen atoms in total. The Kier molecular flexibility index (Phi) is 5.72. The minimum absolute atomic E-state index is 0.312. The molecule has 2 saturated heterocycles. The fraction of sp³-hybridized carbons (Fsp3) is 1.00. The molecule has 0 aromatic carbocycles. The molecule has 0 bridgehead atoms. The lowest BCUT2D eigenvalue weighted by Crippen LogP contribution is -2.61. The minimum atomic E-state index is -2.16. The molecule has 0 radical (unpaired) electrons. The summed E-state index contributed by atoms with van der Waals surface area (Å²) < 4.78 is 15.6. The average Bonchev–Trinajstić information content (AvgIpc) is 2.47. The van der Waals surface area contributed by atoms with E-state index in [1.165, 1.54) is 0 Å². The van der Waals surface area contributed by atoms with Crippen LogP contribution in [-0.2, 0) is 14.2 Å². The van der Waals surface area contributed by atoms with Crippen LogP contribution in [0.1, 0.15) is 6.42 Å². The first-order chi connectivity index (χ1) is 10.3. The average molecular weight is 326 g/mol. The molecule has 7 N–H and O–H groups in total. The molecule has 7 atom stereocenters. The second-order valence-electron chi connectivity index (χ2n) is 5.59. The molecule has 2 heterocycles. The summed E-state index contributed by atoms with van der Waals surface area (Å²) in [4.78, 5) is 0. The van der Waals surface area contributed by atoms with Crippen molar-refractivity contribution < 1.29 is 50.0 Å². The van der Waals surface area contributed by atoms with Crippen LogP contribution in [-0.4, -0.2) is 104 Å². The van der Waals surface area contributed by atoms with Gasteiger partial charge in [-0.05, 0) is 0 Å². The van der Waals surface area contributed by atoms with Gasteiger partial charge in [0.1, 0.15) is 37.1 Å². The Morgan fingerprint density at radius 2 is 1.59 bits per heavy atom. The van der Waals surface area contributed by atoms with Gasteiger partial charge in [0.2, 0.25) is 0 Å². The quantitative estimate of drug-likeness (QED) is 0.250. The van der Waals surface area contributed by atoms with Crippen molar-refractivity contribution >= 4 is 0 Å². The van der Waals surface area contributed by atoms with E-state index in [9.17, 15) is 30.6 Å². The number of hydrogen-bond acceptors (Lipinski definition) is 10. The largest absolute Gasteiger partial charge is 0.394 e. The zero-order valence-electron chi connectivity index (χ0n) is 11.7. The number of aliphatic hydroxyl groups excluding tert-OH is 5. The zero-order chi connectivity index (χ0) is 16.5. The van der Waals surface area contributed by atoms with E-state index < -0.39 is 68.5 Å². The summed E-state index contributed by atoms with van der Waals surface area (Å²) in [6, 6.07) is 0. The Hall–Kier alpha value is -0.400. The topological polar surface area (TPSA) is 169 Å². The molecule has 2 aliphatic heterocycles. The van der Waals surface area contributed by atoms with Crippen LogP contribution < -0.4 is 0 Å². The molecule has 10 heteroatoms. The molecule has 2 aliphatic rings. The summed E-state index contributed by atoms with van der Waals surface area (Å²) in [6.07, 6.45) is -9.55. The van der Waals surface area contributed by atoms with E-state index in [2.05, 4.69) is 0 Å². The lowest BCUT2D eigenvalue weighted by Gasteiger charge is -2.44. The normalized spacial score (nSPS) is 45.7. The van der Waals surface area contributed by atoms with Crippen LogP contribution in [0.4, 0.5) is 0 Å². The predicted molar refractivity (Wildman–Crippen MR) is 67.3 cm³/mol. The van der Waals surface area contributed by atoms with Crippen molar-refractivity contribution in [3.63, 3.8) is 0 Å². The molecule has 2 rings (SSSR count). The van der Waals surface area contributed by atoms with E-state index in [0.717, 1.165) is 0 Å². The van der Waals surface area contributed by atoms with Gasteiger partial charge in [-0.25, -0.2) is 0 Å². The first-order valence-electron chi connectivity index (χ1n) is 6.92. The van der Waals surface area contributed by atoms with E-state index >= 15 is 0 Å². The van der Waals surface area contributed by atoms with Crippen molar-refractivity contribution in [2.75, 3.05) is 19.8 Å². The Morgan fingerprint density at radius 1 is 0.955 bits per heavy atom. The summed E-state index contributed by atoms with van der Waals surface area (Å²) in [7, 11) is 0. The molecular weight excluding hydrogens is 304 g/mol. The van der Waals surface area contributed by atoms with Gasteiger partial charge in [0.05, 0.1) is 19.3 Å². The molecule has 0 aromatic heterocycles. The number of aliphatic hydroxyl groups is 7. The highest BCUT2D eigenvalue weighted by molar-refractivity contribution is 4.91. The summed E-state index contributed by atoms with van der Waals surface area (Å²) in [5.74, 6) is -2.16. The van der Waals surface area contributed by atoms with Gasteiger partial charge in [-0.15, -0.1) is 0 Å². The molecule has 130 valence electrons. The predicted octanol–water partition coefficient (Wildman–Crippen LogP) is -4.37. The maximum Gasteiger partial charge on any atom is 0.189 e. The summed E-state index contributed by atoms with van der Waals surface area (Å²) in [6.45, 7) is -1.48. The first kappa shape index (κ1) is 17.9. The van der Waals surface area contributed by atoms with Crippen LogP contribution >= 0.6 is 0 Å². The summed E-state index contributed by atoms with van der Waals surface area (Å²) >= 11 is 0. The summed E-state index contributed by atoms with van der Waals surface area (Å²) in [5.41, 5.74) is 0. The van der Waals surface area contributed by atoms with E-state index in [1.807, 2.05) is 0 Å². The Balaban J connectivity index is 2.06. The van der Waals surface area contributed by atoms with Gasteiger partial charge in [0, 0.05) is 6.42 Å². The summed E-state index contributed by atoms with van der Waals surface area (Å²) in [5, 5.41) is 66.7. The highest BCUT2D eigenvalue weighted by Crippen LogP contribution is 2.29. The lowest BCUT2D eigenvalue weighted by atomic mass is 9.98. The second kappa shape index (κ2) is 7.01. The van der Waals surface area contributed by atoms with Gasteiger partial charge in [-0.2, -0.15) is 0 Å². The third-order valence-electron chi connectivity index (χ3n) is 3.81. The first-order valence-corrected chi connectivity index (χ1v) is 6.92. The fourth-order valence-electron chi connectivity index (χ4n) is 2.52. The van der Waals surface area contributed by atoms with Crippen molar-refractivity contribution in [3.8, 4) is 0 Å². The number of hydrogen-bond donors (Lipinski definition) is 7. The number of rotatable bonds is 4. The Bertz CT molecular complexity index is 362. The van der Waals surface area contributed by atoms with E-state index in [0.29, 0.717) is 0 Å². The molecular formula is C12H22O10. The van der Waals surface area contributed by atoms with Gasteiger partial charge < -0.3 is 50.0 Å². The third kappa shape index (κ3) is 3.74. The van der Waals surface area contributed by atoms with E-state index in [1.54, 1.807) is 0 Å². The van der Waals surface area contributed by atoms with Gasteiger partial charge in [-0.1, -0.05) is 0 Å². The van der Waals surface area contributed by atoms with Crippen molar-refractivity contribution in [1.29, 1.82) is 0 Å². The van der Waals surface area contributed by atoms with Crippen LogP contribution in [0.3, 0.4) is 0 Å². The molecule has 0 amide bonds. The van der Waals surface area contributed by atoms with Crippen LogP contribution in [0.5, 0.6) is 0 Å². The molecule has 2 fully saturated rings. The smallest absolute Gasteiger partial charge is 0.189 e. The molecule has 0 aliphatic carbocycles. The molecule has 0 aromatic rings. The van der Waals surface area contributed by atoms with Gasteiger partial charge in [-0.3, -0.25) is 0 Å². The SMILES string of the molecule is OCC1OCC(O)(O)CC1OC1OC(CO)C(O)C(O)C1O. The van der Waals surface area contributed by atoms with Crippen molar-refractivity contribution in [2.45, 2.75) is 55.1 Å². The maximum atomic E-state index is 9.87. The van der Waals surface area contributed by atoms with Gasteiger partial charge in [0.15, 0.2) is 12.1 Å². The Morgan fingerprint density at radius 3 is 2.18 bits per heavy atom. The third-order valence-corrected chi connectivity index (χ3v) is 3.81. The Labute approximate surface area is 126 Å². The van der Waals surface area contributed by atoms with Gasteiger partial charge >= 0.3 is 0 Å². The van der Waals surface area contributed by atoms with Crippen LogP contribution in [0.15, 0.2) is 0 Å². The van der Waals surface area contributed by atoms with Crippen LogP contribution in [0.2, 0.25) is 0 Å². The molecule has 0 spiro atoms.